The predicted octanol–water partition coefficient (Wildman–Crippen LogP) is 1.62. The van der Waals surface area contributed by atoms with Crippen molar-refractivity contribution in [2.24, 2.45) is 0 Å². The summed E-state index contributed by atoms with van der Waals surface area (Å²) in [7, 11) is 0. The van der Waals surface area contributed by atoms with Crippen molar-refractivity contribution in [3.05, 3.63) is 28.0 Å². The molecule has 0 amide bonds. The van der Waals surface area contributed by atoms with Gasteiger partial charge in [0.2, 0.25) is 5.95 Å². The molecule has 2 N–H and O–H groups in total. The lowest BCUT2D eigenvalue weighted by Gasteiger charge is -2.07. The smallest absolute Gasteiger partial charge is 0.352 e. The van der Waals surface area contributed by atoms with E-state index in [0.717, 1.165) is 5.57 Å². The summed E-state index contributed by atoms with van der Waals surface area (Å²) in [6.45, 7) is 7.31. The first-order valence-corrected chi connectivity index (χ1v) is 4.97. The molecule has 0 bridgehead atoms. The number of hydrogen-bond donors (Lipinski definition) is 1. The van der Waals surface area contributed by atoms with Crippen LogP contribution >= 0.6 is 0 Å². The first kappa shape index (κ1) is 12.9. The van der Waals surface area contributed by atoms with E-state index in [-0.39, 0.29) is 29.8 Å². The fourth-order valence-corrected chi connectivity index (χ4v) is 1.19. The Balaban J connectivity index is 2.96. The Morgan fingerprint density at radius 2 is 2.24 bits per heavy atom. The van der Waals surface area contributed by atoms with Gasteiger partial charge in [0.05, 0.1) is 11.5 Å². The van der Waals surface area contributed by atoms with Gasteiger partial charge in [0, 0.05) is 6.42 Å². The fraction of sp³-hybridized carbons (Fsp3) is 0.400. The van der Waals surface area contributed by atoms with Crippen molar-refractivity contribution >= 4 is 11.6 Å². The van der Waals surface area contributed by atoms with Gasteiger partial charge >= 0.3 is 5.69 Å². The van der Waals surface area contributed by atoms with Gasteiger partial charge in [0.15, 0.2) is 0 Å². The molecule has 1 heterocycles. The predicted molar refractivity (Wildman–Crippen MR) is 62.8 cm³/mol. The molecule has 1 aromatic rings. The molecule has 0 aliphatic heterocycles. The molecule has 0 aliphatic carbocycles. The normalized spacial score (nSPS) is 10.0. The second kappa shape index (κ2) is 5.24. The van der Waals surface area contributed by atoms with Crippen LogP contribution in [0.4, 0.5) is 11.6 Å². The molecular formula is C10H14N4O3. The number of aromatic nitrogens is 2. The molecule has 0 radical (unpaired) electrons. The lowest BCUT2D eigenvalue weighted by molar-refractivity contribution is -0.387. The minimum absolute atomic E-state index is 0.0431. The van der Waals surface area contributed by atoms with Crippen LogP contribution < -0.4 is 10.5 Å². The van der Waals surface area contributed by atoms with Crippen molar-refractivity contribution in [1.29, 1.82) is 0 Å². The van der Waals surface area contributed by atoms with Crippen molar-refractivity contribution in [2.75, 3.05) is 12.3 Å². The van der Waals surface area contributed by atoms with Gasteiger partial charge in [-0.25, -0.2) is 4.98 Å². The van der Waals surface area contributed by atoms with Crippen LogP contribution in [0.2, 0.25) is 0 Å². The molecule has 0 saturated heterocycles. The molecule has 92 valence electrons. The quantitative estimate of drug-likeness (QED) is 0.474. The molecule has 0 atom stereocenters. The molecule has 0 aromatic carbocycles. The number of rotatable bonds is 5. The Morgan fingerprint density at radius 1 is 1.59 bits per heavy atom. The minimum atomic E-state index is -0.578. The van der Waals surface area contributed by atoms with Gasteiger partial charge in [-0.15, -0.1) is 6.58 Å². The summed E-state index contributed by atoms with van der Waals surface area (Å²) in [5.41, 5.74) is 6.28. The van der Waals surface area contributed by atoms with E-state index in [9.17, 15) is 10.1 Å². The Kier molecular flexibility index (Phi) is 3.97. The third-order valence-electron chi connectivity index (χ3n) is 1.99. The maximum absolute atomic E-state index is 10.8. The Hall–Kier alpha value is -2.18. The van der Waals surface area contributed by atoms with E-state index in [0.29, 0.717) is 6.42 Å². The SMILES string of the molecule is C=C(C)CCOc1nc(N)nc(C)c1[N+](=O)[O-]. The zero-order valence-electron chi connectivity index (χ0n) is 9.77. The standard InChI is InChI=1S/C10H14N4O3/c1-6(2)4-5-17-9-8(14(15)16)7(3)12-10(11)13-9/h1,4-5H2,2-3H3,(H2,11,12,13). The summed E-state index contributed by atoms with van der Waals surface area (Å²) >= 11 is 0. The Labute approximate surface area is 98.5 Å². The van der Waals surface area contributed by atoms with E-state index in [2.05, 4.69) is 16.5 Å². The van der Waals surface area contributed by atoms with Gasteiger partial charge in [-0.1, -0.05) is 5.57 Å². The van der Waals surface area contributed by atoms with Crippen LogP contribution in [0.5, 0.6) is 5.88 Å². The number of nitrogen functional groups attached to an aromatic ring is 1. The minimum Gasteiger partial charge on any atom is -0.472 e. The molecule has 0 spiro atoms. The number of ether oxygens (including phenoxy) is 1. The largest absolute Gasteiger partial charge is 0.472 e. The molecule has 0 aliphatic rings. The number of nitrogens with two attached hydrogens (primary N) is 1. The summed E-state index contributed by atoms with van der Waals surface area (Å²) in [6, 6.07) is 0. The number of anilines is 1. The average molecular weight is 238 g/mol. The third kappa shape index (κ3) is 3.40. The van der Waals surface area contributed by atoms with Gasteiger partial charge in [-0.05, 0) is 13.8 Å². The van der Waals surface area contributed by atoms with Crippen LogP contribution in [0.1, 0.15) is 19.0 Å². The first-order valence-electron chi connectivity index (χ1n) is 4.97. The van der Waals surface area contributed by atoms with Gasteiger partial charge in [0.1, 0.15) is 5.69 Å². The summed E-state index contributed by atoms with van der Waals surface area (Å²) in [4.78, 5) is 17.7. The van der Waals surface area contributed by atoms with E-state index in [1.807, 2.05) is 6.92 Å². The highest BCUT2D eigenvalue weighted by atomic mass is 16.6. The monoisotopic (exact) mass is 238 g/mol. The second-order valence-corrected chi connectivity index (χ2v) is 3.63. The molecular weight excluding hydrogens is 224 g/mol. The van der Waals surface area contributed by atoms with Crippen molar-refractivity contribution in [3.8, 4) is 5.88 Å². The molecule has 17 heavy (non-hydrogen) atoms. The summed E-state index contributed by atoms with van der Waals surface area (Å²) < 4.78 is 5.24. The molecule has 0 unspecified atom stereocenters. The summed E-state index contributed by atoms with van der Waals surface area (Å²) in [5, 5.41) is 10.8. The van der Waals surface area contributed by atoms with Crippen LogP contribution in [0, 0.1) is 17.0 Å². The van der Waals surface area contributed by atoms with Crippen LogP contribution in [-0.2, 0) is 0 Å². The molecule has 1 aromatic heterocycles. The average Bonchev–Trinajstić information content (AvgIpc) is 2.14. The van der Waals surface area contributed by atoms with Gasteiger partial charge in [-0.3, -0.25) is 10.1 Å². The molecule has 1 rings (SSSR count). The van der Waals surface area contributed by atoms with Gasteiger partial charge < -0.3 is 10.5 Å². The lowest BCUT2D eigenvalue weighted by Crippen LogP contribution is -2.08. The lowest BCUT2D eigenvalue weighted by atomic mass is 10.3. The van der Waals surface area contributed by atoms with Crippen LogP contribution in [0.3, 0.4) is 0 Å². The van der Waals surface area contributed by atoms with Crippen LogP contribution in [-0.4, -0.2) is 21.5 Å². The number of hydrogen-bond acceptors (Lipinski definition) is 6. The third-order valence-corrected chi connectivity index (χ3v) is 1.99. The second-order valence-electron chi connectivity index (χ2n) is 3.63. The number of aryl methyl sites for hydroxylation is 1. The molecule has 7 nitrogen and oxygen atoms in total. The topological polar surface area (TPSA) is 104 Å². The van der Waals surface area contributed by atoms with Crippen molar-refractivity contribution in [1.82, 2.24) is 9.97 Å². The highest BCUT2D eigenvalue weighted by Gasteiger charge is 2.22. The van der Waals surface area contributed by atoms with E-state index >= 15 is 0 Å². The fourth-order valence-electron chi connectivity index (χ4n) is 1.19. The zero-order chi connectivity index (χ0) is 13.0. The number of nitro groups is 1. The molecule has 7 heteroatoms. The van der Waals surface area contributed by atoms with E-state index < -0.39 is 4.92 Å². The van der Waals surface area contributed by atoms with Crippen molar-refractivity contribution in [2.45, 2.75) is 20.3 Å². The highest BCUT2D eigenvalue weighted by molar-refractivity contribution is 5.47. The highest BCUT2D eigenvalue weighted by Crippen LogP contribution is 2.28. The van der Waals surface area contributed by atoms with Gasteiger partial charge in [0.25, 0.3) is 5.88 Å². The van der Waals surface area contributed by atoms with Crippen LogP contribution in [0.15, 0.2) is 12.2 Å². The van der Waals surface area contributed by atoms with Crippen LogP contribution in [0.25, 0.3) is 0 Å². The molecule has 0 fully saturated rings. The van der Waals surface area contributed by atoms with Crippen molar-refractivity contribution < 1.29 is 9.66 Å². The Morgan fingerprint density at radius 3 is 2.76 bits per heavy atom. The van der Waals surface area contributed by atoms with E-state index in [4.69, 9.17) is 10.5 Å². The number of nitrogens with zero attached hydrogens (tertiary/aromatic N) is 3. The van der Waals surface area contributed by atoms with Crippen molar-refractivity contribution in [3.63, 3.8) is 0 Å². The maximum Gasteiger partial charge on any atom is 0.352 e. The molecule has 0 saturated carbocycles. The summed E-state index contributed by atoms with van der Waals surface area (Å²) in [5.74, 6) is -0.139. The van der Waals surface area contributed by atoms with E-state index in [1.54, 1.807) is 0 Å². The van der Waals surface area contributed by atoms with E-state index in [1.165, 1.54) is 6.92 Å². The Bertz CT molecular complexity index is 459. The van der Waals surface area contributed by atoms with Gasteiger partial charge in [-0.2, -0.15) is 4.98 Å². The summed E-state index contributed by atoms with van der Waals surface area (Å²) in [6.07, 6.45) is 0.597. The zero-order valence-corrected chi connectivity index (χ0v) is 9.77. The first-order chi connectivity index (χ1) is 7.91. The maximum atomic E-state index is 10.8.